The van der Waals surface area contributed by atoms with Gasteiger partial charge in [-0.25, -0.2) is 9.37 Å². The van der Waals surface area contributed by atoms with Crippen LogP contribution in [0.25, 0.3) is 5.65 Å². The van der Waals surface area contributed by atoms with E-state index in [9.17, 15) is 4.39 Å². The fourth-order valence-corrected chi connectivity index (χ4v) is 2.47. The van der Waals surface area contributed by atoms with E-state index in [0.717, 1.165) is 23.3 Å². The van der Waals surface area contributed by atoms with Gasteiger partial charge >= 0.3 is 0 Å². The largest absolute Gasteiger partial charge is 0.356 e. The van der Waals surface area contributed by atoms with Crippen LogP contribution in [0.2, 0.25) is 0 Å². The van der Waals surface area contributed by atoms with Crippen molar-refractivity contribution in [2.45, 2.75) is 13.0 Å². The SMILES string of the molecule is CN=C(NCCc1cn2ccccc2n1)NCc1cccc(F)c1. The van der Waals surface area contributed by atoms with Crippen LogP contribution in [0.15, 0.2) is 59.9 Å². The molecule has 0 saturated carbocycles. The second kappa shape index (κ2) is 7.59. The number of rotatable bonds is 5. The molecule has 0 bridgehead atoms. The van der Waals surface area contributed by atoms with Crippen molar-refractivity contribution in [3.05, 3.63) is 71.9 Å². The third kappa shape index (κ3) is 4.10. The lowest BCUT2D eigenvalue weighted by Crippen LogP contribution is -2.37. The van der Waals surface area contributed by atoms with E-state index >= 15 is 0 Å². The van der Waals surface area contributed by atoms with Crippen LogP contribution >= 0.6 is 0 Å². The van der Waals surface area contributed by atoms with Gasteiger partial charge in [-0.05, 0) is 29.8 Å². The summed E-state index contributed by atoms with van der Waals surface area (Å²) in [4.78, 5) is 8.73. The summed E-state index contributed by atoms with van der Waals surface area (Å²) in [6, 6.07) is 12.5. The smallest absolute Gasteiger partial charge is 0.191 e. The molecule has 0 radical (unpaired) electrons. The molecular weight excluding hydrogens is 305 g/mol. The average Bonchev–Trinajstić information content (AvgIpc) is 3.00. The van der Waals surface area contributed by atoms with E-state index in [1.54, 1.807) is 13.1 Å². The maximum absolute atomic E-state index is 13.2. The second-order valence-electron chi connectivity index (χ2n) is 5.43. The number of fused-ring (bicyclic) bond motifs is 1. The molecule has 5 nitrogen and oxygen atoms in total. The fraction of sp³-hybridized carbons (Fsp3) is 0.222. The molecule has 3 rings (SSSR count). The summed E-state index contributed by atoms with van der Waals surface area (Å²) in [7, 11) is 1.71. The van der Waals surface area contributed by atoms with Crippen molar-refractivity contribution < 1.29 is 4.39 Å². The summed E-state index contributed by atoms with van der Waals surface area (Å²) in [5, 5.41) is 6.42. The minimum Gasteiger partial charge on any atom is -0.356 e. The minimum absolute atomic E-state index is 0.232. The van der Waals surface area contributed by atoms with E-state index in [0.29, 0.717) is 19.0 Å². The molecule has 0 saturated heterocycles. The molecule has 0 aliphatic rings. The molecule has 0 aliphatic carbocycles. The van der Waals surface area contributed by atoms with Crippen LogP contribution in [0, 0.1) is 5.82 Å². The molecule has 2 N–H and O–H groups in total. The van der Waals surface area contributed by atoms with Crippen LogP contribution in [0.3, 0.4) is 0 Å². The molecular formula is C18H20FN5. The van der Waals surface area contributed by atoms with E-state index in [2.05, 4.69) is 20.6 Å². The van der Waals surface area contributed by atoms with Gasteiger partial charge in [-0.1, -0.05) is 18.2 Å². The Labute approximate surface area is 140 Å². The lowest BCUT2D eigenvalue weighted by Gasteiger charge is -2.11. The van der Waals surface area contributed by atoms with Gasteiger partial charge in [0, 0.05) is 39.0 Å². The molecule has 0 aliphatic heterocycles. The maximum Gasteiger partial charge on any atom is 0.191 e. The quantitative estimate of drug-likeness (QED) is 0.559. The molecule has 2 aromatic heterocycles. The molecule has 2 heterocycles. The van der Waals surface area contributed by atoms with Crippen molar-refractivity contribution in [3.8, 4) is 0 Å². The van der Waals surface area contributed by atoms with Gasteiger partial charge in [0.05, 0.1) is 5.69 Å². The first kappa shape index (κ1) is 16.0. The predicted octanol–water partition coefficient (Wildman–Crippen LogP) is 2.38. The van der Waals surface area contributed by atoms with Crippen molar-refractivity contribution in [1.82, 2.24) is 20.0 Å². The predicted molar refractivity (Wildman–Crippen MR) is 93.5 cm³/mol. The van der Waals surface area contributed by atoms with Crippen molar-refractivity contribution in [2.75, 3.05) is 13.6 Å². The number of nitrogens with one attached hydrogen (secondary N) is 2. The Morgan fingerprint density at radius 1 is 1.21 bits per heavy atom. The highest BCUT2D eigenvalue weighted by molar-refractivity contribution is 5.79. The molecule has 0 spiro atoms. The summed E-state index contributed by atoms with van der Waals surface area (Å²) >= 11 is 0. The van der Waals surface area contributed by atoms with Crippen LogP contribution in [0.5, 0.6) is 0 Å². The molecule has 0 amide bonds. The van der Waals surface area contributed by atoms with Gasteiger partial charge in [-0.2, -0.15) is 0 Å². The van der Waals surface area contributed by atoms with Crippen molar-refractivity contribution >= 4 is 11.6 Å². The number of halogens is 1. The summed E-state index contributed by atoms with van der Waals surface area (Å²) in [5.74, 6) is 0.451. The van der Waals surface area contributed by atoms with Gasteiger partial charge in [0.15, 0.2) is 5.96 Å². The normalized spacial score (nSPS) is 11.7. The monoisotopic (exact) mass is 325 g/mol. The topological polar surface area (TPSA) is 53.7 Å². The zero-order chi connectivity index (χ0) is 16.8. The zero-order valence-electron chi connectivity index (χ0n) is 13.5. The Morgan fingerprint density at radius 3 is 2.92 bits per heavy atom. The van der Waals surface area contributed by atoms with Gasteiger partial charge in [-0.3, -0.25) is 4.99 Å². The Kier molecular flexibility index (Phi) is 5.05. The highest BCUT2D eigenvalue weighted by Gasteiger charge is 2.03. The second-order valence-corrected chi connectivity index (χ2v) is 5.43. The molecule has 3 aromatic rings. The molecule has 0 atom stereocenters. The Morgan fingerprint density at radius 2 is 2.12 bits per heavy atom. The molecule has 124 valence electrons. The zero-order valence-corrected chi connectivity index (χ0v) is 13.5. The van der Waals surface area contributed by atoms with Crippen LogP contribution in [-0.2, 0) is 13.0 Å². The Hall–Kier alpha value is -2.89. The number of hydrogen-bond donors (Lipinski definition) is 2. The van der Waals surface area contributed by atoms with E-state index in [-0.39, 0.29) is 5.82 Å². The highest BCUT2D eigenvalue weighted by Crippen LogP contribution is 2.05. The number of guanidine groups is 1. The number of pyridine rings is 1. The summed E-state index contributed by atoms with van der Waals surface area (Å²) in [5.41, 5.74) is 2.84. The van der Waals surface area contributed by atoms with Gasteiger partial charge < -0.3 is 15.0 Å². The molecule has 24 heavy (non-hydrogen) atoms. The fourth-order valence-electron chi connectivity index (χ4n) is 2.47. The van der Waals surface area contributed by atoms with Gasteiger partial charge in [0.2, 0.25) is 0 Å². The third-order valence-electron chi connectivity index (χ3n) is 3.66. The van der Waals surface area contributed by atoms with E-state index in [4.69, 9.17) is 0 Å². The summed E-state index contributed by atoms with van der Waals surface area (Å²) < 4.78 is 15.2. The van der Waals surface area contributed by atoms with Crippen LogP contribution in [-0.4, -0.2) is 28.9 Å². The average molecular weight is 325 g/mol. The number of hydrogen-bond acceptors (Lipinski definition) is 2. The van der Waals surface area contributed by atoms with E-state index < -0.39 is 0 Å². The van der Waals surface area contributed by atoms with Crippen LogP contribution in [0.4, 0.5) is 4.39 Å². The lowest BCUT2D eigenvalue weighted by atomic mass is 10.2. The van der Waals surface area contributed by atoms with Crippen molar-refractivity contribution in [3.63, 3.8) is 0 Å². The van der Waals surface area contributed by atoms with Crippen LogP contribution in [0.1, 0.15) is 11.3 Å². The standard InChI is InChI=1S/C18H20FN5/c1-20-18(22-12-14-5-4-6-15(19)11-14)21-9-8-16-13-24-10-3-2-7-17(24)23-16/h2-7,10-11,13H,8-9,12H2,1H3,(H2,20,21,22). The summed E-state index contributed by atoms with van der Waals surface area (Å²) in [6.07, 6.45) is 4.81. The van der Waals surface area contributed by atoms with Crippen molar-refractivity contribution in [1.29, 1.82) is 0 Å². The third-order valence-corrected chi connectivity index (χ3v) is 3.66. The number of benzene rings is 1. The number of imidazole rings is 1. The lowest BCUT2D eigenvalue weighted by molar-refractivity contribution is 0.624. The number of aromatic nitrogens is 2. The molecule has 1 aromatic carbocycles. The van der Waals surface area contributed by atoms with Gasteiger partial charge in [0.25, 0.3) is 0 Å². The first-order valence-electron chi connectivity index (χ1n) is 7.86. The van der Waals surface area contributed by atoms with Crippen molar-refractivity contribution in [2.24, 2.45) is 4.99 Å². The van der Waals surface area contributed by atoms with Gasteiger partial charge in [-0.15, -0.1) is 0 Å². The first-order chi connectivity index (χ1) is 11.7. The number of nitrogens with zero attached hydrogens (tertiary/aromatic N) is 3. The minimum atomic E-state index is -0.232. The maximum atomic E-state index is 13.2. The Bertz CT molecular complexity index is 807. The van der Waals surface area contributed by atoms with E-state index in [1.807, 2.05) is 41.1 Å². The summed E-state index contributed by atoms with van der Waals surface area (Å²) in [6.45, 7) is 1.23. The molecule has 0 fully saturated rings. The van der Waals surface area contributed by atoms with Gasteiger partial charge in [0.1, 0.15) is 11.5 Å². The highest BCUT2D eigenvalue weighted by atomic mass is 19.1. The Balaban J connectivity index is 1.49. The number of aliphatic imine (C=N–C) groups is 1. The van der Waals surface area contributed by atoms with E-state index in [1.165, 1.54) is 12.1 Å². The van der Waals surface area contributed by atoms with Crippen LogP contribution < -0.4 is 10.6 Å². The molecule has 6 heteroatoms. The first-order valence-corrected chi connectivity index (χ1v) is 7.86. The molecule has 0 unspecified atom stereocenters.